The second-order valence-corrected chi connectivity index (χ2v) is 7.60. The number of piperazine rings is 1. The highest BCUT2D eigenvalue weighted by Gasteiger charge is 2.27. The van der Waals surface area contributed by atoms with E-state index in [1.807, 2.05) is 11.9 Å². The molecule has 0 bridgehead atoms. The van der Waals surface area contributed by atoms with Crippen LogP contribution in [0.2, 0.25) is 0 Å². The molecule has 32 heavy (non-hydrogen) atoms. The Morgan fingerprint density at radius 1 is 0.969 bits per heavy atom. The third-order valence-corrected chi connectivity index (χ3v) is 5.41. The van der Waals surface area contributed by atoms with Crippen LogP contribution in [0.5, 0.6) is 0 Å². The second-order valence-electron chi connectivity index (χ2n) is 7.60. The van der Waals surface area contributed by atoms with Gasteiger partial charge in [0.25, 0.3) is 11.5 Å². The van der Waals surface area contributed by atoms with E-state index in [9.17, 15) is 23.2 Å². The molecule has 1 aliphatic heterocycles. The summed E-state index contributed by atoms with van der Waals surface area (Å²) in [7, 11) is 1.93. The molecule has 0 aliphatic carbocycles. The number of hydrogen-bond donors (Lipinski definition) is 0. The van der Waals surface area contributed by atoms with Gasteiger partial charge in [0.1, 0.15) is 11.6 Å². The molecule has 3 aromatic rings. The van der Waals surface area contributed by atoms with Crippen LogP contribution in [0, 0.1) is 11.6 Å². The largest absolute Gasteiger partial charge is 0.352 e. The molecule has 1 amide bonds. The first-order valence-electron chi connectivity index (χ1n) is 10.1. The van der Waals surface area contributed by atoms with Crippen molar-refractivity contribution in [2.24, 2.45) is 0 Å². The van der Waals surface area contributed by atoms with Crippen molar-refractivity contribution in [3.05, 3.63) is 92.3 Å². The van der Waals surface area contributed by atoms with Crippen LogP contribution in [-0.4, -0.2) is 63.3 Å². The lowest BCUT2D eigenvalue weighted by Gasteiger charge is -2.32. The van der Waals surface area contributed by atoms with Gasteiger partial charge in [0.05, 0.1) is 12.2 Å². The number of rotatable bonds is 4. The number of hydrogen-bond acceptors (Lipinski definition) is 5. The molecule has 0 unspecified atom stereocenters. The Morgan fingerprint density at radius 2 is 1.62 bits per heavy atom. The average Bonchev–Trinajstić information content (AvgIpc) is 2.79. The number of benzene rings is 2. The third kappa shape index (κ3) is 4.22. The Labute approximate surface area is 181 Å². The molecule has 8 nitrogen and oxygen atoms in total. The molecule has 0 spiro atoms. The third-order valence-electron chi connectivity index (χ3n) is 5.41. The Kier molecular flexibility index (Phi) is 5.95. The monoisotopic (exact) mass is 441 g/mol. The molecule has 0 radical (unpaired) electrons. The first-order chi connectivity index (χ1) is 15.3. The van der Waals surface area contributed by atoms with Gasteiger partial charge in [-0.3, -0.25) is 14.2 Å². The smallest absolute Gasteiger partial charge is 0.335 e. The Bertz CT molecular complexity index is 1260. The molecule has 1 aromatic heterocycles. The number of carbonyl (C=O) groups is 1. The summed E-state index contributed by atoms with van der Waals surface area (Å²) in [5.74, 6) is -1.72. The number of aromatic nitrogens is 3. The van der Waals surface area contributed by atoms with Crippen molar-refractivity contribution >= 4 is 5.91 Å². The summed E-state index contributed by atoms with van der Waals surface area (Å²) in [4.78, 5) is 42.9. The van der Waals surface area contributed by atoms with Crippen molar-refractivity contribution < 1.29 is 13.6 Å². The topological polar surface area (TPSA) is 80.4 Å². The summed E-state index contributed by atoms with van der Waals surface area (Å²) in [6.07, 6.45) is 0. The summed E-state index contributed by atoms with van der Waals surface area (Å²) < 4.78 is 29.3. The van der Waals surface area contributed by atoms with Crippen LogP contribution in [-0.2, 0) is 6.54 Å². The lowest BCUT2D eigenvalue weighted by molar-refractivity contribution is 0.0652. The normalized spacial score (nSPS) is 14.5. The van der Waals surface area contributed by atoms with Crippen LogP contribution in [0.3, 0.4) is 0 Å². The van der Waals surface area contributed by atoms with Crippen molar-refractivity contribution in [1.29, 1.82) is 0 Å². The van der Waals surface area contributed by atoms with E-state index >= 15 is 0 Å². The molecule has 166 valence electrons. The molecular formula is C22H21F2N5O3. The van der Waals surface area contributed by atoms with Gasteiger partial charge in [-0.1, -0.05) is 18.2 Å². The molecule has 2 aromatic carbocycles. The van der Waals surface area contributed by atoms with E-state index in [2.05, 4.69) is 5.10 Å². The highest BCUT2D eigenvalue weighted by Crippen LogP contribution is 2.10. The maximum atomic E-state index is 14.2. The van der Waals surface area contributed by atoms with Crippen molar-refractivity contribution in [3.8, 4) is 5.69 Å². The van der Waals surface area contributed by atoms with E-state index in [0.717, 1.165) is 21.4 Å². The van der Waals surface area contributed by atoms with Gasteiger partial charge >= 0.3 is 5.69 Å². The summed E-state index contributed by atoms with van der Waals surface area (Å²) in [6.45, 7) is 1.69. The fourth-order valence-corrected chi connectivity index (χ4v) is 3.50. The van der Waals surface area contributed by atoms with Gasteiger partial charge in [0.2, 0.25) is 5.69 Å². The highest BCUT2D eigenvalue weighted by molar-refractivity contribution is 5.92. The first-order valence-corrected chi connectivity index (χ1v) is 10.1. The van der Waals surface area contributed by atoms with Crippen molar-refractivity contribution in [3.63, 3.8) is 0 Å². The van der Waals surface area contributed by atoms with Crippen LogP contribution in [0.1, 0.15) is 16.1 Å². The zero-order valence-electron chi connectivity index (χ0n) is 17.4. The fourth-order valence-electron chi connectivity index (χ4n) is 3.50. The van der Waals surface area contributed by atoms with Gasteiger partial charge in [-0.05, 0) is 37.4 Å². The average molecular weight is 441 g/mol. The van der Waals surface area contributed by atoms with Gasteiger partial charge in [-0.15, -0.1) is 0 Å². The Hall–Kier alpha value is -3.66. The minimum absolute atomic E-state index is 0.113. The lowest BCUT2D eigenvalue weighted by Crippen LogP contribution is -2.51. The van der Waals surface area contributed by atoms with Crippen LogP contribution in [0.25, 0.3) is 5.69 Å². The molecule has 0 atom stereocenters. The van der Waals surface area contributed by atoms with Crippen molar-refractivity contribution in [1.82, 2.24) is 24.1 Å². The van der Waals surface area contributed by atoms with E-state index in [0.29, 0.717) is 26.2 Å². The molecule has 1 fully saturated rings. The molecule has 1 saturated heterocycles. The van der Waals surface area contributed by atoms with Gasteiger partial charge in [-0.25, -0.2) is 13.6 Å². The molecular weight excluding hydrogens is 420 g/mol. The van der Waals surface area contributed by atoms with Gasteiger partial charge in [0.15, 0.2) is 0 Å². The van der Waals surface area contributed by atoms with Gasteiger partial charge in [0, 0.05) is 31.7 Å². The number of carbonyl (C=O) groups excluding carboxylic acids is 1. The fraction of sp³-hybridized carbons (Fsp3) is 0.273. The Morgan fingerprint density at radius 3 is 2.28 bits per heavy atom. The second kappa shape index (κ2) is 8.83. The summed E-state index contributed by atoms with van der Waals surface area (Å²) in [5, 5.41) is 4.04. The van der Waals surface area contributed by atoms with Crippen LogP contribution < -0.4 is 11.2 Å². The standard InChI is InChI=1S/C22H21F2N5O3/c1-26-10-12-27(13-11-26)20(30)19-21(31)28(14-15-4-2-3-5-18(15)24)22(32)29(25-19)17-8-6-16(23)7-9-17/h2-9H,10-14H2,1H3. The molecule has 2 heterocycles. The summed E-state index contributed by atoms with van der Waals surface area (Å²) >= 11 is 0. The minimum Gasteiger partial charge on any atom is -0.335 e. The van der Waals surface area contributed by atoms with Crippen molar-refractivity contribution in [2.75, 3.05) is 33.2 Å². The molecule has 1 aliphatic rings. The quantitative estimate of drug-likeness (QED) is 0.606. The predicted molar refractivity (Wildman–Crippen MR) is 113 cm³/mol. The zero-order valence-corrected chi connectivity index (χ0v) is 17.4. The molecule has 0 N–H and O–H groups in total. The molecule has 0 saturated carbocycles. The van der Waals surface area contributed by atoms with Crippen LogP contribution in [0.4, 0.5) is 8.78 Å². The zero-order chi connectivity index (χ0) is 22.8. The minimum atomic E-state index is -0.902. The summed E-state index contributed by atoms with van der Waals surface area (Å²) in [6, 6.07) is 10.6. The van der Waals surface area contributed by atoms with E-state index < -0.39 is 34.5 Å². The molecule has 4 rings (SSSR count). The maximum Gasteiger partial charge on any atom is 0.352 e. The van der Waals surface area contributed by atoms with Crippen LogP contribution in [0.15, 0.2) is 58.1 Å². The van der Waals surface area contributed by atoms with Crippen LogP contribution >= 0.6 is 0 Å². The Balaban J connectivity index is 1.85. The number of amides is 1. The number of likely N-dealkylation sites (N-methyl/N-ethyl adjacent to an activating group) is 1. The lowest BCUT2D eigenvalue weighted by atomic mass is 10.2. The highest BCUT2D eigenvalue weighted by atomic mass is 19.1. The number of nitrogens with zero attached hydrogens (tertiary/aromatic N) is 5. The molecule has 10 heteroatoms. The summed E-state index contributed by atoms with van der Waals surface area (Å²) in [5.41, 5.74) is -1.93. The first kappa shape index (κ1) is 21.6. The van der Waals surface area contributed by atoms with E-state index in [-0.39, 0.29) is 17.8 Å². The van der Waals surface area contributed by atoms with E-state index in [4.69, 9.17) is 0 Å². The van der Waals surface area contributed by atoms with Gasteiger partial charge in [-0.2, -0.15) is 9.78 Å². The SMILES string of the molecule is CN1CCN(C(=O)c2nn(-c3ccc(F)cc3)c(=O)n(Cc3ccccc3F)c2=O)CC1. The van der Waals surface area contributed by atoms with E-state index in [1.54, 1.807) is 6.07 Å². The van der Waals surface area contributed by atoms with Crippen molar-refractivity contribution in [2.45, 2.75) is 6.54 Å². The predicted octanol–water partition coefficient (Wildman–Crippen LogP) is 1.11. The number of halogens is 2. The van der Waals surface area contributed by atoms with Gasteiger partial charge < -0.3 is 9.80 Å². The maximum absolute atomic E-state index is 14.2. The van der Waals surface area contributed by atoms with E-state index in [1.165, 1.54) is 35.2 Å².